The number of nitrogens with one attached hydrogen (secondary N) is 1. The Labute approximate surface area is 128 Å². The van der Waals surface area contributed by atoms with Crippen molar-refractivity contribution in [3.05, 3.63) is 50.5 Å². The van der Waals surface area contributed by atoms with E-state index in [-0.39, 0.29) is 11.6 Å². The molecular weight excluding hydrogens is 287 g/mol. The number of halogens is 1. The topological polar surface area (TPSA) is 55.1 Å². The first-order chi connectivity index (χ1) is 9.79. The van der Waals surface area contributed by atoms with Gasteiger partial charge in [-0.1, -0.05) is 0 Å². The standard InChI is InChI=1S/C16H19FN2OS/c1-8-5-12(18)7-14(15(8)17)16(20)19-10(3)13-6-9(2)21-11(13)4/h5-7,10H,18H2,1-4H3,(H,19,20). The van der Waals surface area contributed by atoms with E-state index < -0.39 is 11.7 Å². The van der Waals surface area contributed by atoms with Gasteiger partial charge in [-0.05, 0) is 57.0 Å². The van der Waals surface area contributed by atoms with Crippen molar-refractivity contribution in [3.8, 4) is 0 Å². The Morgan fingerprint density at radius 3 is 2.52 bits per heavy atom. The van der Waals surface area contributed by atoms with E-state index in [2.05, 4.69) is 5.32 Å². The average Bonchev–Trinajstić information content (AvgIpc) is 2.72. The van der Waals surface area contributed by atoms with Crippen LogP contribution in [-0.2, 0) is 0 Å². The minimum Gasteiger partial charge on any atom is -0.399 e. The molecule has 3 nitrogen and oxygen atoms in total. The summed E-state index contributed by atoms with van der Waals surface area (Å²) in [6.07, 6.45) is 0. The summed E-state index contributed by atoms with van der Waals surface area (Å²) in [5.74, 6) is -0.967. The lowest BCUT2D eigenvalue weighted by Crippen LogP contribution is -2.28. The molecule has 0 saturated heterocycles. The zero-order chi connectivity index (χ0) is 15.7. The molecule has 0 aliphatic heterocycles. The molecule has 1 amide bonds. The Bertz CT molecular complexity index is 694. The highest BCUT2D eigenvalue weighted by Gasteiger charge is 2.19. The highest BCUT2D eigenvalue weighted by molar-refractivity contribution is 7.12. The van der Waals surface area contributed by atoms with Crippen molar-refractivity contribution in [2.45, 2.75) is 33.7 Å². The van der Waals surface area contributed by atoms with E-state index in [1.54, 1.807) is 18.3 Å². The quantitative estimate of drug-likeness (QED) is 0.845. The molecule has 21 heavy (non-hydrogen) atoms. The van der Waals surface area contributed by atoms with Crippen LogP contribution in [0.5, 0.6) is 0 Å². The number of aryl methyl sites for hydroxylation is 3. The van der Waals surface area contributed by atoms with Crippen LogP contribution in [0.25, 0.3) is 0 Å². The monoisotopic (exact) mass is 306 g/mol. The molecule has 1 unspecified atom stereocenters. The second kappa shape index (κ2) is 5.85. The number of nitrogens with two attached hydrogens (primary N) is 1. The van der Waals surface area contributed by atoms with Crippen molar-refractivity contribution in [2.75, 3.05) is 5.73 Å². The number of benzene rings is 1. The summed E-state index contributed by atoms with van der Waals surface area (Å²) in [5.41, 5.74) is 7.50. The highest BCUT2D eigenvalue weighted by atomic mass is 32.1. The number of hydrogen-bond donors (Lipinski definition) is 2. The van der Waals surface area contributed by atoms with E-state index in [9.17, 15) is 9.18 Å². The second-order valence-corrected chi connectivity index (χ2v) is 6.72. The van der Waals surface area contributed by atoms with Crippen LogP contribution in [0.3, 0.4) is 0 Å². The molecule has 3 N–H and O–H groups in total. The fourth-order valence-electron chi connectivity index (χ4n) is 2.40. The number of nitrogen functional groups attached to an aromatic ring is 1. The zero-order valence-electron chi connectivity index (χ0n) is 12.6. The fourth-order valence-corrected chi connectivity index (χ4v) is 3.42. The normalized spacial score (nSPS) is 12.2. The van der Waals surface area contributed by atoms with E-state index in [0.29, 0.717) is 11.3 Å². The maximum absolute atomic E-state index is 14.1. The Kier molecular flexibility index (Phi) is 4.32. The molecule has 0 saturated carbocycles. The van der Waals surface area contributed by atoms with Crippen molar-refractivity contribution in [1.82, 2.24) is 5.32 Å². The van der Waals surface area contributed by atoms with Crippen LogP contribution < -0.4 is 11.1 Å². The molecule has 1 heterocycles. The fraction of sp³-hybridized carbons (Fsp3) is 0.312. The first-order valence-electron chi connectivity index (χ1n) is 6.73. The van der Waals surface area contributed by atoms with Crippen LogP contribution in [0, 0.1) is 26.6 Å². The molecule has 0 bridgehead atoms. The summed E-state index contributed by atoms with van der Waals surface area (Å²) in [7, 11) is 0. The number of anilines is 1. The smallest absolute Gasteiger partial charge is 0.254 e. The van der Waals surface area contributed by atoms with Crippen molar-refractivity contribution in [1.29, 1.82) is 0 Å². The zero-order valence-corrected chi connectivity index (χ0v) is 13.4. The van der Waals surface area contributed by atoms with Crippen molar-refractivity contribution in [2.24, 2.45) is 0 Å². The number of carbonyl (C=O) groups is 1. The third-order valence-electron chi connectivity index (χ3n) is 3.41. The lowest BCUT2D eigenvalue weighted by molar-refractivity contribution is 0.0935. The van der Waals surface area contributed by atoms with Crippen molar-refractivity contribution < 1.29 is 9.18 Å². The van der Waals surface area contributed by atoms with Gasteiger partial charge in [-0.25, -0.2) is 4.39 Å². The number of thiophene rings is 1. The molecular formula is C16H19FN2OS. The molecule has 1 aromatic carbocycles. The molecule has 0 radical (unpaired) electrons. The molecule has 1 aromatic heterocycles. The Balaban J connectivity index is 2.24. The maximum atomic E-state index is 14.1. The van der Waals surface area contributed by atoms with E-state index in [1.807, 2.05) is 26.8 Å². The van der Waals surface area contributed by atoms with Crippen molar-refractivity contribution in [3.63, 3.8) is 0 Å². The van der Waals surface area contributed by atoms with Gasteiger partial charge in [0, 0.05) is 15.4 Å². The number of amides is 1. The van der Waals surface area contributed by atoms with Crippen LogP contribution in [0.2, 0.25) is 0 Å². The minimum atomic E-state index is -0.521. The van der Waals surface area contributed by atoms with Gasteiger partial charge in [0.25, 0.3) is 5.91 Å². The first kappa shape index (κ1) is 15.5. The van der Waals surface area contributed by atoms with Gasteiger partial charge in [-0.3, -0.25) is 4.79 Å². The second-order valence-electron chi connectivity index (χ2n) is 5.26. The Morgan fingerprint density at radius 1 is 1.29 bits per heavy atom. The van der Waals surface area contributed by atoms with Gasteiger partial charge in [0.2, 0.25) is 0 Å². The van der Waals surface area contributed by atoms with Crippen LogP contribution in [0.4, 0.5) is 10.1 Å². The molecule has 112 valence electrons. The number of rotatable bonds is 3. The van der Waals surface area contributed by atoms with Gasteiger partial charge in [0.05, 0.1) is 11.6 Å². The van der Waals surface area contributed by atoms with E-state index in [4.69, 9.17) is 5.73 Å². The number of carbonyl (C=O) groups excluding carboxylic acids is 1. The summed E-state index contributed by atoms with van der Waals surface area (Å²) in [5, 5.41) is 2.83. The summed E-state index contributed by atoms with van der Waals surface area (Å²) in [6, 6.07) is 4.76. The Hall–Kier alpha value is -1.88. The molecule has 5 heteroatoms. The van der Waals surface area contributed by atoms with Crippen molar-refractivity contribution >= 4 is 22.9 Å². The molecule has 0 aliphatic rings. The lowest BCUT2D eigenvalue weighted by Gasteiger charge is -2.15. The Morgan fingerprint density at radius 2 is 1.95 bits per heavy atom. The molecule has 0 aliphatic carbocycles. The van der Waals surface area contributed by atoms with Gasteiger partial charge in [0.15, 0.2) is 0 Å². The van der Waals surface area contributed by atoms with E-state index in [1.165, 1.54) is 17.0 Å². The van der Waals surface area contributed by atoms with E-state index in [0.717, 1.165) is 10.4 Å². The van der Waals surface area contributed by atoms with Gasteiger partial charge in [-0.15, -0.1) is 11.3 Å². The molecule has 2 aromatic rings. The van der Waals surface area contributed by atoms with Crippen LogP contribution in [-0.4, -0.2) is 5.91 Å². The van der Waals surface area contributed by atoms with E-state index >= 15 is 0 Å². The maximum Gasteiger partial charge on any atom is 0.254 e. The van der Waals surface area contributed by atoms with Crippen LogP contribution >= 0.6 is 11.3 Å². The molecule has 2 rings (SSSR count). The van der Waals surface area contributed by atoms with Gasteiger partial charge in [-0.2, -0.15) is 0 Å². The SMILES string of the molecule is Cc1cc(C(C)NC(=O)c2cc(N)cc(C)c2F)c(C)s1. The van der Waals surface area contributed by atoms with Gasteiger partial charge < -0.3 is 11.1 Å². The van der Waals surface area contributed by atoms with Crippen LogP contribution in [0.1, 0.15) is 44.2 Å². The predicted octanol–water partition coefficient (Wildman–Crippen LogP) is 3.89. The largest absolute Gasteiger partial charge is 0.399 e. The third kappa shape index (κ3) is 3.24. The third-order valence-corrected chi connectivity index (χ3v) is 4.40. The number of hydrogen-bond acceptors (Lipinski definition) is 3. The molecule has 0 spiro atoms. The highest BCUT2D eigenvalue weighted by Crippen LogP contribution is 2.26. The minimum absolute atomic E-state index is 0.0102. The summed E-state index contributed by atoms with van der Waals surface area (Å²) in [4.78, 5) is 14.6. The summed E-state index contributed by atoms with van der Waals surface area (Å²) in [6.45, 7) is 7.53. The summed E-state index contributed by atoms with van der Waals surface area (Å²) < 4.78 is 14.1. The lowest BCUT2D eigenvalue weighted by atomic mass is 10.1. The molecule has 0 fully saturated rings. The average molecular weight is 306 g/mol. The van der Waals surface area contributed by atoms with Crippen LogP contribution in [0.15, 0.2) is 18.2 Å². The predicted molar refractivity (Wildman–Crippen MR) is 85.2 cm³/mol. The van der Waals surface area contributed by atoms with Gasteiger partial charge >= 0.3 is 0 Å². The molecule has 1 atom stereocenters. The summed E-state index contributed by atoms with van der Waals surface area (Å²) >= 11 is 1.68. The first-order valence-corrected chi connectivity index (χ1v) is 7.54. The van der Waals surface area contributed by atoms with Gasteiger partial charge in [0.1, 0.15) is 5.82 Å².